The molecule has 2 aromatic carbocycles. The smallest absolute Gasteiger partial charge is 0.194 e. The molecule has 0 amide bonds. The van der Waals surface area contributed by atoms with Gasteiger partial charge >= 0.3 is 0 Å². The number of benzene rings is 2. The molecule has 0 saturated carbocycles. The highest BCUT2D eigenvalue weighted by Gasteiger charge is 2.13. The molecule has 0 aromatic heterocycles. The molecule has 0 aliphatic heterocycles. The molecule has 0 heterocycles. The fourth-order valence-electron chi connectivity index (χ4n) is 2.14. The molecule has 2 aromatic rings. The molecule has 104 valence electrons. The second-order valence-electron chi connectivity index (χ2n) is 5.25. The van der Waals surface area contributed by atoms with Gasteiger partial charge in [-0.3, -0.25) is 4.79 Å². The SMILES string of the molecule is CC(C)Cc1cccc(C(=O)c2cc(Br)ccc2Br)c1. The summed E-state index contributed by atoms with van der Waals surface area (Å²) in [6.45, 7) is 4.36. The Morgan fingerprint density at radius 2 is 1.85 bits per heavy atom. The van der Waals surface area contributed by atoms with E-state index < -0.39 is 0 Å². The molecule has 0 N–H and O–H groups in total. The molecule has 0 spiro atoms. The predicted molar refractivity (Wildman–Crippen MR) is 90.3 cm³/mol. The van der Waals surface area contributed by atoms with Gasteiger partial charge in [-0.1, -0.05) is 63.9 Å². The van der Waals surface area contributed by atoms with Crippen LogP contribution in [0.3, 0.4) is 0 Å². The lowest BCUT2D eigenvalue weighted by Gasteiger charge is -2.08. The van der Waals surface area contributed by atoms with Crippen LogP contribution < -0.4 is 0 Å². The average Bonchev–Trinajstić information content (AvgIpc) is 2.40. The number of carbonyl (C=O) groups excluding carboxylic acids is 1. The molecule has 0 aliphatic rings. The van der Waals surface area contributed by atoms with Gasteiger partial charge in [0, 0.05) is 20.1 Å². The summed E-state index contributed by atoms with van der Waals surface area (Å²) in [5, 5.41) is 0. The van der Waals surface area contributed by atoms with Crippen molar-refractivity contribution in [3.63, 3.8) is 0 Å². The lowest BCUT2D eigenvalue weighted by molar-refractivity contribution is 0.103. The maximum absolute atomic E-state index is 12.6. The summed E-state index contributed by atoms with van der Waals surface area (Å²) in [6, 6.07) is 13.5. The van der Waals surface area contributed by atoms with Gasteiger partial charge in [0.15, 0.2) is 5.78 Å². The first kappa shape index (κ1) is 15.5. The van der Waals surface area contributed by atoms with Crippen molar-refractivity contribution < 1.29 is 4.79 Å². The van der Waals surface area contributed by atoms with Gasteiger partial charge in [0.1, 0.15) is 0 Å². The van der Waals surface area contributed by atoms with E-state index in [9.17, 15) is 4.79 Å². The lowest BCUT2D eigenvalue weighted by Crippen LogP contribution is -2.04. The van der Waals surface area contributed by atoms with E-state index in [1.165, 1.54) is 5.56 Å². The van der Waals surface area contributed by atoms with E-state index in [1.807, 2.05) is 36.4 Å². The molecule has 3 heteroatoms. The van der Waals surface area contributed by atoms with Crippen LogP contribution in [-0.2, 0) is 6.42 Å². The summed E-state index contributed by atoms with van der Waals surface area (Å²) in [6.07, 6.45) is 0.987. The predicted octanol–water partition coefficient (Wildman–Crippen LogP) is 5.64. The topological polar surface area (TPSA) is 17.1 Å². The zero-order valence-corrected chi connectivity index (χ0v) is 14.7. The van der Waals surface area contributed by atoms with E-state index in [2.05, 4.69) is 51.8 Å². The summed E-state index contributed by atoms with van der Waals surface area (Å²) in [4.78, 5) is 12.6. The molecule has 0 radical (unpaired) electrons. The largest absolute Gasteiger partial charge is 0.289 e. The zero-order chi connectivity index (χ0) is 14.7. The lowest BCUT2D eigenvalue weighted by atomic mass is 9.97. The van der Waals surface area contributed by atoms with Gasteiger partial charge in [-0.2, -0.15) is 0 Å². The Labute approximate surface area is 136 Å². The van der Waals surface area contributed by atoms with Crippen LogP contribution in [0, 0.1) is 5.92 Å². The molecule has 0 fully saturated rings. The fourth-order valence-corrected chi connectivity index (χ4v) is 2.93. The van der Waals surface area contributed by atoms with Crippen LogP contribution in [0.25, 0.3) is 0 Å². The summed E-state index contributed by atoms with van der Waals surface area (Å²) in [7, 11) is 0. The van der Waals surface area contributed by atoms with Gasteiger partial charge in [-0.25, -0.2) is 0 Å². The number of rotatable bonds is 4. The highest BCUT2D eigenvalue weighted by atomic mass is 79.9. The molecule has 0 bridgehead atoms. The zero-order valence-electron chi connectivity index (χ0n) is 11.5. The average molecular weight is 396 g/mol. The Morgan fingerprint density at radius 3 is 2.55 bits per heavy atom. The minimum atomic E-state index is 0.0452. The van der Waals surface area contributed by atoms with Crippen LogP contribution in [0.5, 0.6) is 0 Å². The Hall–Kier alpha value is -0.930. The Balaban J connectivity index is 2.35. The molecule has 0 atom stereocenters. The van der Waals surface area contributed by atoms with Crippen LogP contribution in [0.15, 0.2) is 51.4 Å². The molecule has 0 saturated heterocycles. The maximum Gasteiger partial charge on any atom is 0.194 e. The summed E-state index contributed by atoms with van der Waals surface area (Å²) in [5.41, 5.74) is 2.62. The number of halogens is 2. The van der Waals surface area contributed by atoms with Crippen LogP contribution in [0.4, 0.5) is 0 Å². The standard InChI is InChI=1S/C17H16Br2O/c1-11(2)8-12-4-3-5-13(9-12)17(20)15-10-14(18)6-7-16(15)19/h3-7,9-11H,8H2,1-2H3. The first-order chi connectivity index (χ1) is 9.47. The second kappa shape index (κ2) is 6.68. The summed E-state index contributed by atoms with van der Waals surface area (Å²) < 4.78 is 1.72. The van der Waals surface area contributed by atoms with E-state index in [-0.39, 0.29) is 5.78 Å². The van der Waals surface area contributed by atoms with Gasteiger partial charge in [0.2, 0.25) is 0 Å². The molecule has 1 nitrogen and oxygen atoms in total. The molecule has 20 heavy (non-hydrogen) atoms. The summed E-state index contributed by atoms with van der Waals surface area (Å²) in [5.74, 6) is 0.627. The van der Waals surface area contributed by atoms with Crippen molar-refractivity contribution in [1.82, 2.24) is 0 Å². The summed E-state index contributed by atoms with van der Waals surface area (Å²) >= 11 is 6.86. The normalized spacial score (nSPS) is 10.8. The second-order valence-corrected chi connectivity index (χ2v) is 7.02. The third-order valence-corrected chi connectivity index (χ3v) is 4.19. The highest BCUT2D eigenvalue weighted by molar-refractivity contribution is 9.11. The van der Waals surface area contributed by atoms with Crippen LogP contribution >= 0.6 is 31.9 Å². The molecular formula is C17H16Br2O. The minimum Gasteiger partial charge on any atom is -0.289 e. The van der Waals surface area contributed by atoms with Crippen molar-refractivity contribution in [2.45, 2.75) is 20.3 Å². The molecule has 0 unspecified atom stereocenters. The number of hydrogen-bond donors (Lipinski definition) is 0. The van der Waals surface area contributed by atoms with Crippen molar-refractivity contribution in [3.8, 4) is 0 Å². The van der Waals surface area contributed by atoms with Crippen molar-refractivity contribution in [3.05, 3.63) is 68.1 Å². The number of ketones is 1. The van der Waals surface area contributed by atoms with E-state index in [4.69, 9.17) is 0 Å². The Kier molecular flexibility index (Phi) is 5.17. The van der Waals surface area contributed by atoms with Crippen LogP contribution in [0.2, 0.25) is 0 Å². The van der Waals surface area contributed by atoms with E-state index in [0.29, 0.717) is 11.5 Å². The van der Waals surface area contributed by atoms with E-state index in [0.717, 1.165) is 20.9 Å². The fraction of sp³-hybridized carbons (Fsp3) is 0.235. The molecule has 0 aliphatic carbocycles. The number of hydrogen-bond acceptors (Lipinski definition) is 1. The Bertz CT molecular complexity index is 633. The highest BCUT2D eigenvalue weighted by Crippen LogP contribution is 2.24. The minimum absolute atomic E-state index is 0.0452. The van der Waals surface area contributed by atoms with Crippen molar-refractivity contribution >= 4 is 37.6 Å². The quantitative estimate of drug-likeness (QED) is 0.612. The van der Waals surface area contributed by atoms with Crippen LogP contribution in [0.1, 0.15) is 35.3 Å². The maximum atomic E-state index is 12.6. The van der Waals surface area contributed by atoms with Gasteiger partial charge < -0.3 is 0 Å². The van der Waals surface area contributed by atoms with Gasteiger partial charge in [-0.05, 0) is 42.2 Å². The molecule has 2 rings (SSSR count). The van der Waals surface area contributed by atoms with Crippen LogP contribution in [-0.4, -0.2) is 5.78 Å². The van der Waals surface area contributed by atoms with Gasteiger partial charge in [0.05, 0.1) is 0 Å². The third kappa shape index (κ3) is 3.80. The molecular weight excluding hydrogens is 380 g/mol. The van der Waals surface area contributed by atoms with Crippen molar-refractivity contribution in [1.29, 1.82) is 0 Å². The first-order valence-electron chi connectivity index (χ1n) is 6.56. The van der Waals surface area contributed by atoms with E-state index in [1.54, 1.807) is 0 Å². The van der Waals surface area contributed by atoms with Crippen molar-refractivity contribution in [2.75, 3.05) is 0 Å². The third-order valence-electron chi connectivity index (χ3n) is 3.01. The monoisotopic (exact) mass is 394 g/mol. The first-order valence-corrected chi connectivity index (χ1v) is 8.14. The van der Waals surface area contributed by atoms with Gasteiger partial charge in [0.25, 0.3) is 0 Å². The van der Waals surface area contributed by atoms with E-state index >= 15 is 0 Å². The number of carbonyl (C=O) groups is 1. The Morgan fingerprint density at radius 1 is 1.10 bits per heavy atom. The van der Waals surface area contributed by atoms with Gasteiger partial charge in [-0.15, -0.1) is 0 Å². The van der Waals surface area contributed by atoms with Crippen molar-refractivity contribution in [2.24, 2.45) is 5.92 Å².